The summed E-state index contributed by atoms with van der Waals surface area (Å²) in [4.78, 5) is 11.3. The van der Waals surface area contributed by atoms with E-state index in [2.05, 4.69) is 10.4 Å². The number of aliphatic hydroxyl groups excluding tert-OH is 1. The molecule has 7 heteroatoms. The maximum absolute atomic E-state index is 11.3. The van der Waals surface area contributed by atoms with Gasteiger partial charge in [0, 0.05) is 5.02 Å². The smallest absolute Gasteiger partial charge is 0.253 e. The lowest BCUT2D eigenvalue weighted by Crippen LogP contribution is -2.24. The van der Waals surface area contributed by atoms with Crippen LogP contribution in [0, 0.1) is 0 Å². The normalized spacial score (nSPS) is 12.2. The predicted molar refractivity (Wildman–Crippen MR) is 73.9 cm³/mol. The van der Waals surface area contributed by atoms with E-state index in [4.69, 9.17) is 28.3 Å². The Labute approximate surface area is 119 Å². The van der Waals surface area contributed by atoms with Crippen molar-refractivity contribution in [3.63, 3.8) is 0 Å². The summed E-state index contributed by atoms with van der Waals surface area (Å²) in [5.74, 6) is -0.498. The molecule has 0 spiro atoms. The minimum Gasteiger partial charge on any atom is -0.384 e. The summed E-state index contributed by atoms with van der Waals surface area (Å²) >= 11 is 11.9. The third-order valence-electron chi connectivity index (χ3n) is 2.39. The summed E-state index contributed by atoms with van der Waals surface area (Å²) in [6.07, 6.45) is 1.98. The van der Waals surface area contributed by atoms with E-state index in [1.807, 2.05) is 0 Å². The van der Waals surface area contributed by atoms with Crippen LogP contribution in [0.1, 0.15) is 6.92 Å². The molecule has 100 valence electrons. The van der Waals surface area contributed by atoms with Crippen LogP contribution in [0.25, 0.3) is 5.69 Å². The van der Waals surface area contributed by atoms with Gasteiger partial charge in [0.25, 0.3) is 5.91 Å². The average molecular weight is 300 g/mol. The Morgan fingerprint density at radius 1 is 1.47 bits per heavy atom. The molecular formula is C12H11Cl2N3O2. The number of anilines is 1. The van der Waals surface area contributed by atoms with E-state index in [1.165, 1.54) is 17.8 Å². The molecule has 0 aliphatic rings. The number of hydrogen-bond donors (Lipinski definition) is 2. The minimum absolute atomic E-state index is 0.448. The standard InChI is InChI=1S/C12H11Cl2N3O2/c1-7(18)12(19)16-9-5-15-17(6-9)11-3-2-8(13)4-10(11)14/h2-7,18H,1H3,(H,16,19)/t7-/m0/s1. The third-order valence-corrected chi connectivity index (χ3v) is 2.92. The van der Waals surface area contributed by atoms with E-state index in [0.717, 1.165) is 0 Å². The summed E-state index contributed by atoms with van der Waals surface area (Å²) < 4.78 is 1.51. The minimum atomic E-state index is -1.08. The largest absolute Gasteiger partial charge is 0.384 e. The highest BCUT2D eigenvalue weighted by Crippen LogP contribution is 2.24. The predicted octanol–water partition coefficient (Wildman–Crippen LogP) is 2.50. The first-order chi connectivity index (χ1) is 8.97. The van der Waals surface area contributed by atoms with Crippen LogP contribution in [0.5, 0.6) is 0 Å². The molecule has 0 fully saturated rings. The Balaban J connectivity index is 2.23. The molecule has 0 saturated carbocycles. The van der Waals surface area contributed by atoms with Gasteiger partial charge in [0.2, 0.25) is 0 Å². The Morgan fingerprint density at radius 3 is 2.84 bits per heavy atom. The second-order valence-electron chi connectivity index (χ2n) is 3.93. The molecule has 2 N–H and O–H groups in total. The molecular weight excluding hydrogens is 289 g/mol. The molecule has 2 rings (SSSR count). The number of nitrogens with zero attached hydrogens (tertiary/aromatic N) is 2. The van der Waals surface area contributed by atoms with Gasteiger partial charge in [0.1, 0.15) is 6.10 Å². The van der Waals surface area contributed by atoms with Crippen molar-refractivity contribution < 1.29 is 9.90 Å². The van der Waals surface area contributed by atoms with Gasteiger partial charge in [-0.05, 0) is 25.1 Å². The maximum atomic E-state index is 11.3. The van der Waals surface area contributed by atoms with Crippen LogP contribution >= 0.6 is 23.2 Å². The molecule has 1 atom stereocenters. The van der Waals surface area contributed by atoms with Gasteiger partial charge in [0.05, 0.1) is 28.8 Å². The maximum Gasteiger partial charge on any atom is 0.253 e. The number of rotatable bonds is 3. The quantitative estimate of drug-likeness (QED) is 0.915. The van der Waals surface area contributed by atoms with Gasteiger partial charge in [-0.25, -0.2) is 4.68 Å². The highest BCUT2D eigenvalue weighted by Gasteiger charge is 2.11. The molecule has 1 aromatic heterocycles. The van der Waals surface area contributed by atoms with E-state index in [9.17, 15) is 4.79 Å². The molecule has 1 aromatic carbocycles. The van der Waals surface area contributed by atoms with Crippen molar-refractivity contribution in [1.29, 1.82) is 0 Å². The summed E-state index contributed by atoms with van der Waals surface area (Å²) in [6, 6.07) is 5.02. The van der Waals surface area contributed by atoms with Crippen LogP contribution in [-0.4, -0.2) is 26.9 Å². The van der Waals surface area contributed by atoms with Crippen LogP contribution in [0.4, 0.5) is 5.69 Å². The van der Waals surface area contributed by atoms with Gasteiger partial charge < -0.3 is 10.4 Å². The molecule has 2 aromatic rings. The third kappa shape index (κ3) is 3.26. The second-order valence-corrected chi connectivity index (χ2v) is 4.78. The van der Waals surface area contributed by atoms with E-state index in [-0.39, 0.29) is 0 Å². The van der Waals surface area contributed by atoms with Crippen molar-refractivity contribution in [3.8, 4) is 5.69 Å². The summed E-state index contributed by atoms with van der Waals surface area (Å²) in [5, 5.41) is 16.7. The van der Waals surface area contributed by atoms with Crippen LogP contribution < -0.4 is 5.32 Å². The first kappa shape index (κ1) is 13.9. The molecule has 0 saturated heterocycles. The molecule has 1 amide bonds. The van der Waals surface area contributed by atoms with E-state index >= 15 is 0 Å². The Bertz CT molecular complexity index is 611. The first-order valence-electron chi connectivity index (χ1n) is 5.46. The van der Waals surface area contributed by atoms with E-state index < -0.39 is 12.0 Å². The fourth-order valence-electron chi connectivity index (χ4n) is 1.43. The zero-order valence-electron chi connectivity index (χ0n) is 9.97. The van der Waals surface area contributed by atoms with Crippen molar-refractivity contribution >= 4 is 34.8 Å². The second kappa shape index (κ2) is 5.61. The van der Waals surface area contributed by atoms with Gasteiger partial charge >= 0.3 is 0 Å². The Hall–Kier alpha value is -1.56. The van der Waals surface area contributed by atoms with Gasteiger partial charge in [0.15, 0.2) is 0 Å². The number of hydrogen-bond acceptors (Lipinski definition) is 3. The number of carbonyl (C=O) groups excluding carboxylic acids is 1. The summed E-state index contributed by atoms with van der Waals surface area (Å²) in [7, 11) is 0. The van der Waals surface area contributed by atoms with Crippen LogP contribution in [-0.2, 0) is 4.79 Å². The van der Waals surface area contributed by atoms with Crippen molar-refractivity contribution in [2.45, 2.75) is 13.0 Å². The van der Waals surface area contributed by atoms with Gasteiger partial charge in [-0.15, -0.1) is 0 Å². The lowest BCUT2D eigenvalue weighted by molar-refractivity contribution is -0.123. The molecule has 0 radical (unpaired) electrons. The summed E-state index contributed by atoms with van der Waals surface area (Å²) in [6.45, 7) is 1.38. The van der Waals surface area contributed by atoms with E-state index in [0.29, 0.717) is 21.4 Å². The zero-order chi connectivity index (χ0) is 14.0. The number of amides is 1. The molecule has 0 aliphatic carbocycles. The molecule has 5 nitrogen and oxygen atoms in total. The van der Waals surface area contributed by atoms with E-state index in [1.54, 1.807) is 24.4 Å². The number of nitrogens with one attached hydrogen (secondary N) is 1. The number of halogens is 2. The number of carbonyl (C=O) groups is 1. The molecule has 1 heterocycles. The summed E-state index contributed by atoms with van der Waals surface area (Å²) in [5.41, 5.74) is 1.11. The molecule has 0 unspecified atom stereocenters. The Morgan fingerprint density at radius 2 is 2.21 bits per heavy atom. The monoisotopic (exact) mass is 299 g/mol. The van der Waals surface area contributed by atoms with Gasteiger partial charge in [-0.2, -0.15) is 5.10 Å². The van der Waals surface area contributed by atoms with Crippen LogP contribution in [0.15, 0.2) is 30.6 Å². The van der Waals surface area contributed by atoms with Crippen molar-refractivity contribution in [3.05, 3.63) is 40.6 Å². The number of benzene rings is 1. The highest BCUT2D eigenvalue weighted by atomic mass is 35.5. The first-order valence-corrected chi connectivity index (χ1v) is 6.22. The SMILES string of the molecule is C[C@H](O)C(=O)Nc1cnn(-c2ccc(Cl)cc2Cl)c1. The fraction of sp³-hybridized carbons (Fsp3) is 0.167. The zero-order valence-corrected chi connectivity index (χ0v) is 11.5. The van der Waals surface area contributed by atoms with Crippen LogP contribution in [0.2, 0.25) is 10.0 Å². The number of aromatic nitrogens is 2. The molecule has 0 bridgehead atoms. The van der Waals surface area contributed by atoms with Gasteiger partial charge in [-0.1, -0.05) is 23.2 Å². The topological polar surface area (TPSA) is 67.2 Å². The lowest BCUT2D eigenvalue weighted by Gasteiger charge is -2.05. The van der Waals surface area contributed by atoms with Crippen LogP contribution in [0.3, 0.4) is 0 Å². The number of aliphatic hydroxyl groups is 1. The van der Waals surface area contributed by atoms with Gasteiger partial charge in [-0.3, -0.25) is 4.79 Å². The average Bonchev–Trinajstić information content (AvgIpc) is 2.77. The Kier molecular flexibility index (Phi) is 4.09. The highest BCUT2D eigenvalue weighted by molar-refractivity contribution is 6.35. The van der Waals surface area contributed by atoms with Crippen molar-refractivity contribution in [1.82, 2.24) is 9.78 Å². The fourth-order valence-corrected chi connectivity index (χ4v) is 1.93. The van der Waals surface area contributed by atoms with Crippen molar-refractivity contribution in [2.24, 2.45) is 0 Å². The van der Waals surface area contributed by atoms with Crippen molar-refractivity contribution in [2.75, 3.05) is 5.32 Å². The lowest BCUT2D eigenvalue weighted by atomic mass is 10.3. The molecule has 0 aliphatic heterocycles. The molecule has 19 heavy (non-hydrogen) atoms.